The van der Waals surface area contributed by atoms with Gasteiger partial charge in [-0.3, -0.25) is 4.79 Å². The number of ketones is 1. The largest absolute Gasteiger partial charge is 0.332 e. The molecule has 0 heterocycles. The van der Waals surface area contributed by atoms with Gasteiger partial charge in [0.25, 0.3) is 0 Å². The first-order chi connectivity index (χ1) is 8.52. The SMILES string of the molecule is CC.CC(=O)O/N=C(/C(C)=O)c1ccccc1C. The third kappa shape index (κ3) is 4.91. The minimum Gasteiger partial charge on any atom is -0.318 e. The van der Waals surface area contributed by atoms with E-state index in [0.29, 0.717) is 5.56 Å². The molecule has 0 aliphatic rings. The molecule has 0 bridgehead atoms. The molecule has 1 rings (SSSR count). The van der Waals surface area contributed by atoms with Crippen LogP contribution < -0.4 is 0 Å². The monoisotopic (exact) mass is 249 g/mol. The van der Waals surface area contributed by atoms with E-state index >= 15 is 0 Å². The van der Waals surface area contributed by atoms with Gasteiger partial charge in [0.2, 0.25) is 0 Å². The van der Waals surface area contributed by atoms with Crippen molar-refractivity contribution in [1.82, 2.24) is 0 Å². The molecule has 0 radical (unpaired) electrons. The molecule has 4 nitrogen and oxygen atoms in total. The van der Waals surface area contributed by atoms with Crippen molar-refractivity contribution in [3.63, 3.8) is 0 Å². The molecule has 0 spiro atoms. The van der Waals surface area contributed by atoms with Crippen LogP contribution in [-0.2, 0) is 14.4 Å². The molecule has 0 aromatic heterocycles. The van der Waals surface area contributed by atoms with Crippen LogP contribution >= 0.6 is 0 Å². The van der Waals surface area contributed by atoms with Crippen molar-refractivity contribution in [3.05, 3.63) is 35.4 Å². The second-order valence-corrected chi connectivity index (χ2v) is 3.39. The molecule has 0 N–H and O–H groups in total. The quantitative estimate of drug-likeness (QED) is 0.470. The summed E-state index contributed by atoms with van der Waals surface area (Å²) in [4.78, 5) is 26.5. The second-order valence-electron chi connectivity index (χ2n) is 3.39. The molecule has 0 aliphatic heterocycles. The molecule has 0 atom stereocenters. The van der Waals surface area contributed by atoms with Gasteiger partial charge in [-0.2, -0.15) is 0 Å². The Balaban J connectivity index is 0.00000137. The summed E-state index contributed by atoms with van der Waals surface area (Å²) >= 11 is 0. The number of aryl methyl sites for hydroxylation is 1. The van der Waals surface area contributed by atoms with Crippen LogP contribution in [0.2, 0.25) is 0 Å². The van der Waals surface area contributed by atoms with Crippen molar-refractivity contribution >= 4 is 17.5 Å². The molecule has 18 heavy (non-hydrogen) atoms. The average Bonchev–Trinajstić information content (AvgIpc) is 2.33. The molecular formula is C14H19NO3. The Morgan fingerprint density at radius 3 is 2.11 bits per heavy atom. The van der Waals surface area contributed by atoms with Crippen molar-refractivity contribution in [2.75, 3.05) is 0 Å². The molecule has 4 heteroatoms. The molecule has 0 saturated heterocycles. The summed E-state index contributed by atoms with van der Waals surface area (Å²) in [5, 5.41) is 3.57. The summed E-state index contributed by atoms with van der Waals surface area (Å²) in [7, 11) is 0. The van der Waals surface area contributed by atoms with Crippen molar-refractivity contribution in [1.29, 1.82) is 0 Å². The Labute approximate surface area is 108 Å². The van der Waals surface area contributed by atoms with Crippen molar-refractivity contribution in [2.24, 2.45) is 5.16 Å². The van der Waals surface area contributed by atoms with E-state index < -0.39 is 5.97 Å². The third-order valence-corrected chi connectivity index (χ3v) is 2.00. The van der Waals surface area contributed by atoms with E-state index in [-0.39, 0.29) is 11.5 Å². The highest BCUT2D eigenvalue weighted by molar-refractivity contribution is 6.45. The minimum absolute atomic E-state index is 0.160. The lowest BCUT2D eigenvalue weighted by atomic mass is 10.0. The van der Waals surface area contributed by atoms with Gasteiger partial charge < -0.3 is 4.84 Å². The van der Waals surface area contributed by atoms with Crippen molar-refractivity contribution in [3.8, 4) is 0 Å². The van der Waals surface area contributed by atoms with Gasteiger partial charge in [-0.15, -0.1) is 0 Å². The third-order valence-electron chi connectivity index (χ3n) is 2.00. The van der Waals surface area contributed by atoms with Gasteiger partial charge in [-0.25, -0.2) is 4.79 Å². The zero-order valence-electron chi connectivity index (χ0n) is 11.5. The summed E-state index contributed by atoms with van der Waals surface area (Å²) < 4.78 is 0. The molecule has 1 aromatic carbocycles. The van der Waals surface area contributed by atoms with Gasteiger partial charge >= 0.3 is 5.97 Å². The van der Waals surface area contributed by atoms with Crippen LogP contribution in [-0.4, -0.2) is 17.5 Å². The van der Waals surface area contributed by atoms with E-state index in [0.717, 1.165) is 5.56 Å². The maximum atomic E-state index is 11.4. The highest BCUT2D eigenvalue weighted by Gasteiger charge is 2.12. The highest BCUT2D eigenvalue weighted by atomic mass is 16.7. The molecule has 0 aliphatic carbocycles. The maximum absolute atomic E-state index is 11.4. The molecular weight excluding hydrogens is 230 g/mol. The Morgan fingerprint density at radius 2 is 1.67 bits per heavy atom. The Bertz CT molecular complexity index is 450. The zero-order valence-corrected chi connectivity index (χ0v) is 11.5. The van der Waals surface area contributed by atoms with Gasteiger partial charge in [0.15, 0.2) is 11.5 Å². The number of oxime groups is 1. The first-order valence-corrected chi connectivity index (χ1v) is 5.85. The van der Waals surface area contributed by atoms with Gasteiger partial charge in [-0.05, 0) is 12.5 Å². The Morgan fingerprint density at radius 1 is 1.11 bits per heavy atom. The Kier molecular flexibility index (Phi) is 7.28. The number of hydrogen-bond donors (Lipinski definition) is 0. The fraction of sp³-hybridized carbons (Fsp3) is 0.357. The van der Waals surface area contributed by atoms with Crippen molar-refractivity contribution < 1.29 is 14.4 Å². The number of nitrogens with zero attached hydrogens (tertiary/aromatic N) is 1. The summed E-state index contributed by atoms with van der Waals surface area (Å²) in [6.45, 7) is 8.48. The van der Waals surface area contributed by atoms with Crippen LogP contribution in [0.25, 0.3) is 0 Å². The van der Waals surface area contributed by atoms with E-state index in [1.54, 1.807) is 12.1 Å². The average molecular weight is 249 g/mol. The van der Waals surface area contributed by atoms with E-state index in [2.05, 4.69) is 9.99 Å². The highest BCUT2D eigenvalue weighted by Crippen LogP contribution is 2.09. The van der Waals surface area contributed by atoms with Crippen LogP contribution in [0.5, 0.6) is 0 Å². The van der Waals surface area contributed by atoms with Gasteiger partial charge in [-0.1, -0.05) is 43.3 Å². The summed E-state index contributed by atoms with van der Waals surface area (Å²) in [5.74, 6) is -0.789. The lowest BCUT2D eigenvalue weighted by Gasteiger charge is -2.05. The van der Waals surface area contributed by atoms with Crippen LogP contribution in [0.15, 0.2) is 29.4 Å². The van der Waals surface area contributed by atoms with E-state index in [1.165, 1.54) is 13.8 Å². The standard InChI is InChI=1S/C12H13NO3.C2H6/c1-8-6-4-5-7-11(8)12(9(2)14)13-16-10(3)15;1-2/h4-7H,1-3H3;1-2H3/b13-12-;. The predicted octanol–water partition coefficient (Wildman–Crippen LogP) is 2.88. The number of rotatable bonds is 3. The second kappa shape index (κ2) is 8.17. The molecule has 0 fully saturated rings. The Hall–Kier alpha value is -1.97. The van der Waals surface area contributed by atoms with Gasteiger partial charge in [0.05, 0.1) is 0 Å². The van der Waals surface area contributed by atoms with Crippen molar-refractivity contribution in [2.45, 2.75) is 34.6 Å². The fourth-order valence-electron chi connectivity index (χ4n) is 1.25. The zero-order chi connectivity index (χ0) is 14.1. The molecule has 98 valence electrons. The van der Waals surface area contributed by atoms with Crippen LogP contribution in [0.3, 0.4) is 0 Å². The normalized spacial score (nSPS) is 10.2. The molecule has 0 saturated carbocycles. The number of hydrogen-bond acceptors (Lipinski definition) is 4. The topological polar surface area (TPSA) is 55.7 Å². The summed E-state index contributed by atoms with van der Waals surface area (Å²) in [6.07, 6.45) is 0. The number of carbonyl (C=O) groups is 2. The minimum atomic E-state index is -0.549. The van der Waals surface area contributed by atoms with Crippen LogP contribution in [0, 0.1) is 6.92 Å². The van der Waals surface area contributed by atoms with Gasteiger partial charge in [0.1, 0.15) is 0 Å². The summed E-state index contributed by atoms with van der Waals surface area (Å²) in [5.41, 5.74) is 1.74. The summed E-state index contributed by atoms with van der Waals surface area (Å²) in [6, 6.07) is 7.29. The van der Waals surface area contributed by atoms with E-state index in [1.807, 2.05) is 32.9 Å². The first-order valence-electron chi connectivity index (χ1n) is 5.85. The lowest BCUT2D eigenvalue weighted by molar-refractivity contribution is -0.140. The lowest BCUT2D eigenvalue weighted by Crippen LogP contribution is -2.14. The number of carbonyl (C=O) groups excluding carboxylic acids is 2. The molecule has 1 aromatic rings. The van der Waals surface area contributed by atoms with Crippen LogP contribution in [0.1, 0.15) is 38.8 Å². The number of Topliss-reactive ketones (excluding diaryl/α,β-unsaturated/α-hetero) is 1. The molecule has 0 amide bonds. The smallest absolute Gasteiger partial charge is 0.318 e. The van der Waals surface area contributed by atoms with Crippen LogP contribution in [0.4, 0.5) is 0 Å². The van der Waals surface area contributed by atoms with Gasteiger partial charge in [0, 0.05) is 19.4 Å². The predicted molar refractivity (Wildman–Crippen MR) is 71.5 cm³/mol. The maximum Gasteiger partial charge on any atom is 0.332 e. The van der Waals surface area contributed by atoms with E-state index in [4.69, 9.17) is 0 Å². The number of benzene rings is 1. The first kappa shape index (κ1) is 16.0. The fourth-order valence-corrected chi connectivity index (χ4v) is 1.25. The van der Waals surface area contributed by atoms with E-state index in [9.17, 15) is 9.59 Å². The molecule has 0 unspecified atom stereocenters.